The third-order valence-electron chi connectivity index (χ3n) is 3.03. The van der Waals surface area contributed by atoms with Gasteiger partial charge in [-0.25, -0.2) is 18.7 Å². The second-order valence-electron chi connectivity index (χ2n) is 4.33. The minimum Gasteiger partial charge on any atom is -0.381 e. The number of rotatable bonds is 2. The highest BCUT2D eigenvalue weighted by molar-refractivity contribution is 14.2. The second kappa shape index (κ2) is 5.69. The lowest BCUT2D eigenvalue weighted by Gasteiger charge is -2.04. The molecule has 0 aliphatic carbocycles. The van der Waals surface area contributed by atoms with Crippen LogP contribution in [0.5, 0.6) is 0 Å². The SMILES string of the molecule is N#Cc1cc(F)c(N)nc1-c1cn(SI)c2ncc(F)cc12. The lowest BCUT2D eigenvalue weighted by atomic mass is 10.1. The van der Waals surface area contributed by atoms with Crippen molar-refractivity contribution in [2.24, 2.45) is 0 Å². The summed E-state index contributed by atoms with van der Waals surface area (Å²) < 4.78 is 28.7. The molecule has 3 heterocycles. The first-order valence-electron chi connectivity index (χ1n) is 5.87. The van der Waals surface area contributed by atoms with Crippen LogP contribution < -0.4 is 5.73 Å². The maximum Gasteiger partial charge on any atom is 0.166 e. The number of hydrogen-bond donors (Lipinski definition) is 1. The average Bonchev–Trinajstić information content (AvgIpc) is 2.87. The molecule has 0 fully saturated rings. The molecule has 0 saturated heterocycles. The van der Waals surface area contributed by atoms with Gasteiger partial charge in [0.2, 0.25) is 0 Å². The fourth-order valence-electron chi connectivity index (χ4n) is 2.09. The molecule has 0 bridgehead atoms. The number of nitrogens with zero attached hydrogens (tertiary/aromatic N) is 4. The average molecular weight is 429 g/mol. The van der Waals surface area contributed by atoms with Crippen molar-refractivity contribution in [2.75, 3.05) is 5.73 Å². The quantitative estimate of drug-likeness (QED) is 0.629. The van der Waals surface area contributed by atoms with E-state index in [1.54, 1.807) is 10.2 Å². The maximum absolute atomic E-state index is 13.5. The molecule has 0 spiro atoms. The number of anilines is 1. The van der Waals surface area contributed by atoms with Crippen LogP contribution in [-0.4, -0.2) is 13.9 Å². The standard InChI is InChI=1S/C13H6F2IN5S/c14-7-2-8-9(5-21(22-16)13(8)19-4-7)11-6(3-17)1-10(15)12(18)20-11/h1-2,4-5H,(H2,18,20). The lowest BCUT2D eigenvalue weighted by Crippen LogP contribution is -1.99. The molecule has 0 aliphatic heterocycles. The summed E-state index contributed by atoms with van der Waals surface area (Å²) in [4.78, 5) is 7.99. The van der Waals surface area contributed by atoms with Crippen molar-refractivity contribution in [3.8, 4) is 17.3 Å². The summed E-state index contributed by atoms with van der Waals surface area (Å²) in [5.74, 6) is -1.60. The van der Waals surface area contributed by atoms with Crippen LogP contribution in [0.15, 0.2) is 24.5 Å². The van der Waals surface area contributed by atoms with Crippen LogP contribution in [0.25, 0.3) is 22.3 Å². The van der Waals surface area contributed by atoms with Gasteiger partial charge in [-0.05, 0) is 12.1 Å². The van der Waals surface area contributed by atoms with Crippen LogP contribution >= 0.6 is 30.3 Å². The van der Waals surface area contributed by atoms with Crippen molar-refractivity contribution < 1.29 is 8.78 Å². The summed E-state index contributed by atoms with van der Waals surface area (Å²) in [6.07, 6.45) is 2.77. The first-order chi connectivity index (χ1) is 10.5. The van der Waals surface area contributed by atoms with Crippen LogP contribution in [0.3, 0.4) is 0 Å². The van der Waals surface area contributed by atoms with E-state index in [0.717, 1.165) is 12.3 Å². The molecular formula is C13H6F2IN5S. The fraction of sp³-hybridized carbons (Fsp3) is 0. The third kappa shape index (κ3) is 2.38. The Bertz CT molecular complexity index is 934. The van der Waals surface area contributed by atoms with Crippen molar-refractivity contribution in [3.63, 3.8) is 0 Å². The van der Waals surface area contributed by atoms with Gasteiger partial charge in [0.05, 0.1) is 17.5 Å². The van der Waals surface area contributed by atoms with E-state index in [-0.39, 0.29) is 17.1 Å². The maximum atomic E-state index is 13.5. The monoisotopic (exact) mass is 429 g/mol. The third-order valence-corrected chi connectivity index (χ3v) is 4.73. The first-order valence-corrected chi connectivity index (χ1v) is 9.19. The highest BCUT2D eigenvalue weighted by Crippen LogP contribution is 2.35. The van der Waals surface area contributed by atoms with Gasteiger partial charge >= 0.3 is 0 Å². The van der Waals surface area contributed by atoms with Gasteiger partial charge in [0, 0.05) is 47.5 Å². The van der Waals surface area contributed by atoms with Gasteiger partial charge in [-0.3, -0.25) is 3.97 Å². The zero-order chi connectivity index (χ0) is 15.9. The Morgan fingerprint density at radius 1 is 1.36 bits per heavy atom. The van der Waals surface area contributed by atoms with Gasteiger partial charge in [0.15, 0.2) is 17.3 Å². The minimum absolute atomic E-state index is 0.0217. The van der Waals surface area contributed by atoms with Crippen molar-refractivity contribution >= 4 is 47.2 Å². The largest absolute Gasteiger partial charge is 0.381 e. The van der Waals surface area contributed by atoms with Gasteiger partial charge < -0.3 is 5.73 Å². The van der Waals surface area contributed by atoms with Crippen LogP contribution in [0, 0.1) is 23.0 Å². The highest BCUT2D eigenvalue weighted by atomic mass is 127. The lowest BCUT2D eigenvalue weighted by molar-refractivity contribution is 0.624. The Balaban J connectivity index is 2.38. The van der Waals surface area contributed by atoms with Crippen LogP contribution in [0.2, 0.25) is 0 Å². The molecule has 0 aromatic carbocycles. The van der Waals surface area contributed by atoms with E-state index in [1.165, 1.54) is 15.2 Å². The number of fused-ring (bicyclic) bond motifs is 1. The molecule has 3 aromatic rings. The molecule has 2 N–H and O–H groups in total. The summed E-state index contributed by atoms with van der Waals surface area (Å²) >= 11 is 2.05. The van der Waals surface area contributed by atoms with Crippen LogP contribution in [0.4, 0.5) is 14.6 Å². The predicted octanol–water partition coefficient (Wildman–Crippen LogP) is 3.68. The smallest absolute Gasteiger partial charge is 0.166 e. The number of aromatic nitrogens is 3. The Labute approximate surface area is 139 Å². The van der Waals surface area contributed by atoms with Crippen molar-refractivity contribution in [1.29, 1.82) is 5.26 Å². The van der Waals surface area contributed by atoms with Gasteiger partial charge in [0.1, 0.15) is 11.9 Å². The molecule has 0 amide bonds. The molecule has 3 rings (SSSR count). The van der Waals surface area contributed by atoms with Gasteiger partial charge in [-0.1, -0.05) is 0 Å². The summed E-state index contributed by atoms with van der Waals surface area (Å²) in [5.41, 5.74) is 6.70. The van der Waals surface area contributed by atoms with Crippen LogP contribution in [-0.2, 0) is 0 Å². The fourth-order valence-corrected chi connectivity index (χ4v) is 3.35. The van der Waals surface area contributed by atoms with E-state index >= 15 is 0 Å². The molecular weight excluding hydrogens is 423 g/mol. The van der Waals surface area contributed by atoms with Crippen molar-refractivity contribution in [3.05, 3.63) is 41.7 Å². The zero-order valence-electron chi connectivity index (χ0n) is 10.7. The van der Waals surface area contributed by atoms with E-state index in [0.29, 0.717) is 16.6 Å². The summed E-state index contributed by atoms with van der Waals surface area (Å²) in [7, 11) is 1.33. The molecule has 0 atom stereocenters. The molecule has 22 heavy (non-hydrogen) atoms. The van der Waals surface area contributed by atoms with Gasteiger partial charge in [0.25, 0.3) is 0 Å². The molecule has 9 heteroatoms. The van der Waals surface area contributed by atoms with Crippen LogP contribution in [0.1, 0.15) is 5.56 Å². The predicted molar refractivity (Wildman–Crippen MR) is 89.0 cm³/mol. The normalized spacial score (nSPS) is 10.8. The first kappa shape index (κ1) is 15.0. The summed E-state index contributed by atoms with van der Waals surface area (Å²) in [5, 5.41) is 9.66. The van der Waals surface area contributed by atoms with Crippen molar-refractivity contribution in [1.82, 2.24) is 13.9 Å². The minimum atomic E-state index is -0.767. The molecule has 5 nitrogen and oxygen atoms in total. The van der Waals surface area contributed by atoms with E-state index < -0.39 is 11.6 Å². The zero-order valence-corrected chi connectivity index (χ0v) is 13.7. The molecule has 0 radical (unpaired) electrons. The highest BCUT2D eigenvalue weighted by Gasteiger charge is 2.18. The number of nitrogen functional groups attached to an aromatic ring is 1. The molecule has 0 unspecified atom stereocenters. The number of pyridine rings is 2. The van der Waals surface area contributed by atoms with E-state index in [4.69, 9.17) is 5.73 Å². The van der Waals surface area contributed by atoms with Gasteiger partial charge in [-0.2, -0.15) is 5.26 Å². The Morgan fingerprint density at radius 2 is 2.14 bits per heavy atom. The van der Waals surface area contributed by atoms with Gasteiger partial charge in [-0.15, -0.1) is 0 Å². The second-order valence-corrected chi connectivity index (χ2v) is 6.04. The Kier molecular flexibility index (Phi) is 3.88. The molecule has 110 valence electrons. The Morgan fingerprint density at radius 3 is 2.82 bits per heavy atom. The summed E-state index contributed by atoms with van der Waals surface area (Å²) in [6.45, 7) is 0. The molecule has 0 aliphatic rings. The van der Waals surface area contributed by atoms with E-state index in [1.807, 2.05) is 27.3 Å². The van der Waals surface area contributed by atoms with Crippen molar-refractivity contribution in [2.45, 2.75) is 0 Å². The summed E-state index contributed by atoms with van der Waals surface area (Å²) in [6, 6.07) is 4.19. The number of halogens is 3. The van der Waals surface area contributed by atoms with E-state index in [9.17, 15) is 14.0 Å². The molecule has 3 aromatic heterocycles. The van der Waals surface area contributed by atoms with E-state index in [2.05, 4.69) is 9.97 Å². The Hall–Kier alpha value is -1.93. The number of nitrogens with two attached hydrogens (primary N) is 1. The molecule has 0 saturated carbocycles. The number of hydrogen-bond acceptors (Lipinski definition) is 5. The number of nitriles is 1. The topological polar surface area (TPSA) is 80.5 Å².